The zero-order valence-corrected chi connectivity index (χ0v) is 21.9. The van der Waals surface area contributed by atoms with Crippen molar-refractivity contribution in [2.45, 2.75) is 72.6 Å². The molecular formula is C27H40OSn. The Hall–Kier alpha value is -1.22. The summed E-state index contributed by atoms with van der Waals surface area (Å²) in [7, 11) is 1.82. The van der Waals surface area contributed by atoms with Crippen molar-refractivity contribution in [2.75, 3.05) is 7.11 Å². The molecule has 29 heavy (non-hydrogen) atoms. The van der Waals surface area contributed by atoms with E-state index in [-0.39, 0.29) is 0 Å². The number of methoxy groups -OCH3 is 1. The topological polar surface area (TPSA) is 9.23 Å². The van der Waals surface area contributed by atoms with E-state index in [2.05, 4.69) is 81.4 Å². The molecule has 0 N–H and O–H groups in total. The summed E-state index contributed by atoms with van der Waals surface area (Å²) in [5.41, 5.74) is 2.69. The van der Waals surface area contributed by atoms with E-state index in [1.165, 1.54) is 63.0 Å². The van der Waals surface area contributed by atoms with Crippen LogP contribution in [0.3, 0.4) is 0 Å². The quantitative estimate of drug-likeness (QED) is 0.198. The van der Waals surface area contributed by atoms with Crippen LogP contribution in [0.2, 0.25) is 13.3 Å². The van der Waals surface area contributed by atoms with E-state index in [9.17, 15) is 0 Å². The summed E-state index contributed by atoms with van der Waals surface area (Å²) in [6, 6.07) is 19.7. The average Bonchev–Trinajstić information content (AvgIpc) is 2.78. The van der Waals surface area contributed by atoms with Crippen LogP contribution in [0.25, 0.3) is 9.67 Å². The van der Waals surface area contributed by atoms with Crippen molar-refractivity contribution >= 4 is 28.0 Å². The summed E-state index contributed by atoms with van der Waals surface area (Å²) >= 11 is -2.64. The van der Waals surface area contributed by atoms with Crippen LogP contribution in [0.5, 0.6) is 5.75 Å². The normalized spacial score (nSPS) is 12.2. The molecule has 0 saturated carbocycles. The first-order valence-electron chi connectivity index (χ1n) is 11.6. The molecule has 0 aromatic heterocycles. The molecule has 0 bridgehead atoms. The molecule has 2 rings (SSSR count). The van der Waals surface area contributed by atoms with Gasteiger partial charge in [0.05, 0.1) is 0 Å². The van der Waals surface area contributed by atoms with Gasteiger partial charge in [0.25, 0.3) is 0 Å². The van der Waals surface area contributed by atoms with E-state index in [1.54, 1.807) is 3.59 Å². The van der Waals surface area contributed by atoms with Gasteiger partial charge in [-0.25, -0.2) is 0 Å². The third kappa shape index (κ3) is 6.91. The average molecular weight is 499 g/mol. The minimum atomic E-state index is -2.64. The number of ether oxygens (including phenoxy) is 1. The monoisotopic (exact) mass is 500 g/mol. The molecule has 0 aliphatic rings. The number of hydrogen-bond acceptors (Lipinski definition) is 1. The first-order valence-corrected chi connectivity index (χ1v) is 19.1. The SMILES string of the molecule is CCC[CH2][Sn]([CH2]CCC)([CH2]CCC)/[C](=C/c1ccccc1)c1ccccc1OC. The van der Waals surface area contributed by atoms with E-state index in [0.29, 0.717) is 0 Å². The van der Waals surface area contributed by atoms with Crippen molar-refractivity contribution < 1.29 is 4.74 Å². The van der Waals surface area contributed by atoms with Crippen molar-refractivity contribution in [1.82, 2.24) is 0 Å². The van der Waals surface area contributed by atoms with Gasteiger partial charge in [-0.3, -0.25) is 0 Å². The maximum absolute atomic E-state index is 5.87. The van der Waals surface area contributed by atoms with Gasteiger partial charge in [-0.05, 0) is 0 Å². The Bertz CT molecular complexity index is 713. The molecule has 0 saturated heterocycles. The summed E-state index contributed by atoms with van der Waals surface area (Å²) in [6.45, 7) is 7.04. The summed E-state index contributed by atoms with van der Waals surface area (Å²) < 4.78 is 11.9. The molecule has 0 atom stereocenters. The molecule has 2 aromatic carbocycles. The molecule has 0 amide bonds. The van der Waals surface area contributed by atoms with Crippen LogP contribution in [0.1, 0.15) is 70.4 Å². The Morgan fingerprint density at radius 3 is 1.79 bits per heavy atom. The van der Waals surface area contributed by atoms with Gasteiger partial charge in [-0.1, -0.05) is 0 Å². The Morgan fingerprint density at radius 2 is 1.28 bits per heavy atom. The number of unbranched alkanes of at least 4 members (excludes halogenated alkanes) is 3. The van der Waals surface area contributed by atoms with Crippen LogP contribution >= 0.6 is 0 Å². The second kappa shape index (κ2) is 13.2. The summed E-state index contributed by atoms with van der Waals surface area (Å²) in [5.74, 6) is 1.04. The van der Waals surface area contributed by atoms with Crippen molar-refractivity contribution in [3.8, 4) is 5.75 Å². The van der Waals surface area contributed by atoms with Crippen LogP contribution < -0.4 is 4.74 Å². The fourth-order valence-electron chi connectivity index (χ4n) is 4.42. The predicted octanol–water partition coefficient (Wildman–Crippen LogP) is 8.62. The van der Waals surface area contributed by atoms with Crippen LogP contribution in [0.4, 0.5) is 0 Å². The van der Waals surface area contributed by atoms with Crippen LogP contribution in [0.15, 0.2) is 54.6 Å². The zero-order chi connectivity index (χ0) is 21.0. The van der Waals surface area contributed by atoms with Crippen LogP contribution in [-0.2, 0) is 0 Å². The molecule has 0 heterocycles. The van der Waals surface area contributed by atoms with Crippen LogP contribution in [0, 0.1) is 0 Å². The maximum atomic E-state index is 5.87. The molecule has 158 valence electrons. The number of hydrogen-bond donors (Lipinski definition) is 0. The molecule has 1 nitrogen and oxygen atoms in total. The van der Waals surface area contributed by atoms with E-state index >= 15 is 0 Å². The number of benzene rings is 2. The summed E-state index contributed by atoms with van der Waals surface area (Å²) in [6.07, 6.45) is 10.5. The number of para-hydroxylation sites is 1. The van der Waals surface area contributed by atoms with Gasteiger partial charge in [-0.2, -0.15) is 0 Å². The van der Waals surface area contributed by atoms with E-state index in [4.69, 9.17) is 4.74 Å². The summed E-state index contributed by atoms with van der Waals surface area (Å²) in [4.78, 5) is 0. The van der Waals surface area contributed by atoms with Gasteiger partial charge in [0.2, 0.25) is 0 Å². The summed E-state index contributed by atoms with van der Waals surface area (Å²) in [5, 5.41) is 0. The first-order chi connectivity index (χ1) is 14.2. The number of rotatable bonds is 13. The predicted molar refractivity (Wildman–Crippen MR) is 132 cm³/mol. The van der Waals surface area contributed by atoms with Crippen molar-refractivity contribution in [1.29, 1.82) is 0 Å². The molecular weight excluding hydrogens is 459 g/mol. The molecule has 0 aliphatic carbocycles. The van der Waals surface area contributed by atoms with Crippen molar-refractivity contribution in [3.05, 3.63) is 65.7 Å². The van der Waals surface area contributed by atoms with Gasteiger partial charge in [-0.15, -0.1) is 0 Å². The Labute approximate surface area is 183 Å². The minimum absolute atomic E-state index is 1.04. The fraction of sp³-hybridized carbons (Fsp3) is 0.481. The second-order valence-corrected chi connectivity index (χ2v) is 21.4. The van der Waals surface area contributed by atoms with Gasteiger partial charge < -0.3 is 0 Å². The van der Waals surface area contributed by atoms with Gasteiger partial charge >= 0.3 is 184 Å². The molecule has 0 unspecified atom stereocenters. The fourth-order valence-corrected chi connectivity index (χ4v) is 21.3. The molecule has 0 radical (unpaired) electrons. The third-order valence-electron chi connectivity index (χ3n) is 6.11. The van der Waals surface area contributed by atoms with Gasteiger partial charge in [0.15, 0.2) is 0 Å². The Kier molecular flexibility index (Phi) is 10.9. The first kappa shape index (κ1) is 24.1. The standard InChI is InChI=1S/C15H13O.3C4H9.Sn/c1-16-15-10-6-5-9-14(15)12-11-13-7-3-2-4-8-13;3*1-3-4-2;/h2-11H,1H3;3*1,3-4H2,2H3;. The van der Waals surface area contributed by atoms with Crippen molar-refractivity contribution in [2.24, 2.45) is 0 Å². The van der Waals surface area contributed by atoms with Crippen molar-refractivity contribution in [3.63, 3.8) is 0 Å². The molecule has 2 aromatic rings. The Balaban J connectivity index is 2.68. The zero-order valence-electron chi connectivity index (χ0n) is 19.0. The molecule has 0 fully saturated rings. The van der Waals surface area contributed by atoms with E-state index in [1.807, 2.05) is 7.11 Å². The van der Waals surface area contributed by atoms with E-state index < -0.39 is 18.4 Å². The molecule has 0 spiro atoms. The van der Waals surface area contributed by atoms with Gasteiger partial charge in [0.1, 0.15) is 0 Å². The molecule has 0 aliphatic heterocycles. The van der Waals surface area contributed by atoms with Gasteiger partial charge in [0, 0.05) is 0 Å². The third-order valence-corrected chi connectivity index (χ3v) is 21.8. The Morgan fingerprint density at radius 1 is 0.759 bits per heavy atom. The second-order valence-electron chi connectivity index (χ2n) is 8.26. The molecule has 2 heteroatoms. The van der Waals surface area contributed by atoms with E-state index in [0.717, 1.165) is 5.75 Å². The van der Waals surface area contributed by atoms with Crippen LogP contribution in [-0.4, -0.2) is 25.5 Å².